The lowest BCUT2D eigenvalue weighted by molar-refractivity contribution is 0.616. The highest BCUT2D eigenvalue weighted by atomic mass is 35.5. The molecule has 2 rings (SSSR count). The molecule has 0 bridgehead atoms. The largest absolute Gasteiger partial charge is 0.378 e. The molecule has 0 amide bonds. The standard InChI is InChI=1S/C14H13Cl2FN2/c1-8-3-4-10(6-11(8)17)7-18-13-9(2)5-12(15)19-14(13)16/h3-6,18H,7H2,1-2H3. The van der Waals surface area contributed by atoms with E-state index >= 15 is 0 Å². The molecule has 1 aromatic heterocycles. The van der Waals surface area contributed by atoms with Crippen LogP contribution >= 0.6 is 23.2 Å². The fraction of sp³-hybridized carbons (Fsp3) is 0.214. The van der Waals surface area contributed by atoms with Gasteiger partial charge in [-0.1, -0.05) is 35.3 Å². The molecule has 0 aliphatic heterocycles. The average molecular weight is 299 g/mol. The summed E-state index contributed by atoms with van der Waals surface area (Å²) in [5.74, 6) is -0.212. The van der Waals surface area contributed by atoms with Crippen molar-refractivity contribution in [2.45, 2.75) is 20.4 Å². The number of nitrogens with one attached hydrogen (secondary N) is 1. The van der Waals surface area contributed by atoms with Crippen LogP contribution in [0.3, 0.4) is 0 Å². The van der Waals surface area contributed by atoms with Gasteiger partial charge in [-0.05, 0) is 42.7 Å². The molecule has 2 aromatic rings. The Kier molecular flexibility index (Phi) is 4.27. The summed E-state index contributed by atoms with van der Waals surface area (Å²) in [7, 11) is 0. The summed E-state index contributed by atoms with van der Waals surface area (Å²) in [4.78, 5) is 3.97. The summed E-state index contributed by atoms with van der Waals surface area (Å²) in [6.07, 6.45) is 0. The van der Waals surface area contributed by atoms with E-state index in [0.717, 1.165) is 11.1 Å². The number of hydrogen-bond acceptors (Lipinski definition) is 2. The molecule has 100 valence electrons. The number of aromatic nitrogens is 1. The van der Waals surface area contributed by atoms with Crippen molar-refractivity contribution in [3.8, 4) is 0 Å². The molecule has 2 nitrogen and oxygen atoms in total. The van der Waals surface area contributed by atoms with Crippen LogP contribution < -0.4 is 5.32 Å². The number of benzene rings is 1. The first-order valence-electron chi connectivity index (χ1n) is 5.79. The molecule has 0 radical (unpaired) electrons. The first-order chi connectivity index (χ1) is 8.97. The van der Waals surface area contributed by atoms with Gasteiger partial charge in [0.05, 0.1) is 5.69 Å². The van der Waals surface area contributed by atoms with Crippen LogP contribution in [-0.2, 0) is 6.54 Å². The maximum Gasteiger partial charge on any atom is 0.154 e. The van der Waals surface area contributed by atoms with Crippen LogP contribution in [0.15, 0.2) is 24.3 Å². The smallest absolute Gasteiger partial charge is 0.154 e. The van der Waals surface area contributed by atoms with Crippen LogP contribution in [0.2, 0.25) is 10.3 Å². The van der Waals surface area contributed by atoms with Gasteiger partial charge in [-0.3, -0.25) is 0 Å². The van der Waals surface area contributed by atoms with E-state index in [9.17, 15) is 4.39 Å². The Balaban J connectivity index is 2.16. The van der Waals surface area contributed by atoms with E-state index in [-0.39, 0.29) is 5.82 Å². The van der Waals surface area contributed by atoms with Crippen LogP contribution in [-0.4, -0.2) is 4.98 Å². The van der Waals surface area contributed by atoms with Crippen LogP contribution in [0.5, 0.6) is 0 Å². The first-order valence-corrected chi connectivity index (χ1v) is 6.54. The minimum Gasteiger partial charge on any atom is -0.378 e. The zero-order valence-corrected chi connectivity index (χ0v) is 12.1. The van der Waals surface area contributed by atoms with Crippen molar-refractivity contribution in [3.05, 3.63) is 57.1 Å². The van der Waals surface area contributed by atoms with Gasteiger partial charge < -0.3 is 5.32 Å². The third-order valence-corrected chi connectivity index (χ3v) is 3.31. The van der Waals surface area contributed by atoms with Gasteiger partial charge in [-0.25, -0.2) is 9.37 Å². The number of nitrogens with zero attached hydrogens (tertiary/aromatic N) is 1. The van der Waals surface area contributed by atoms with Crippen molar-refractivity contribution in [2.24, 2.45) is 0 Å². The molecule has 19 heavy (non-hydrogen) atoms. The summed E-state index contributed by atoms with van der Waals surface area (Å²) < 4.78 is 13.4. The van der Waals surface area contributed by atoms with Crippen LogP contribution in [0.25, 0.3) is 0 Å². The molecular weight excluding hydrogens is 286 g/mol. The number of pyridine rings is 1. The van der Waals surface area contributed by atoms with Crippen molar-refractivity contribution in [3.63, 3.8) is 0 Å². The van der Waals surface area contributed by atoms with E-state index in [1.807, 2.05) is 13.0 Å². The van der Waals surface area contributed by atoms with Crippen LogP contribution in [0.1, 0.15) is 16.7 Å². The number of aryl methyl sites for hydroxylation is 2. The molecule has 5 heteroatoms. The average Bonchev–Trinajstić information content (AvgIpc) is 2.32. The second-order valence-corrected chi connectivity index (χ2v) is 5.11. The minimum absolute atomic E-state index is 0.212. The molecule has 0 aliphatic rings. The molecule has 0 spiro atoms. The Morgan fingerprint density at radius 2 is 1.89 bits per heavy atom. The van der Waals surface area contributed by atoms with E-state index in [1.54, 1.807) is 19.1 Å². The molecule has 0 atom stereocenters. The lowest BCUT2D eigenvalue weighted by atomic mass is 10.1. The molecule has 0 saturated heterocycles. The number of halogens is 3. The normalized spacial score (nSPS) is 10.6. The number of rotatable bonds is 3. The zero-order valence-electron chi connectivity index (χ0n) is 10.6. The summed E-state index contributed by atoms with van der Waals surface area (Å²) in [6.45, 7) is 4.09. The van der Waals surface area contributed by atoms with E-state index in [0.29, 0.717) is 28.1 Å². The van der Waals surface area contributed by atoms with Gasteiger partial charge in [-0.15, -0.1) is 0 Å². The highest BCUT2D eigenvalue weighted by molar-refractivity contribution is 6.34. The summed E-state index contributed by atoms with van der Waals surface area (Å²) in [6, 6.07) is 6.86. The van der Waals surface area contributed by atoms with Crippen LogP contribution in [0.4, 0.5) is 10.1 Å². The third-order valence-electron chi connectivity index (χ3n) is 2.85. The minimum atomic E-state index is -0.212. The van der Waals surface area contributed by atoms with Gasteiger partial charge in [0.15, 0.2) is 5.15 Å². The van der Waals surface area contributed by atoms with E-state index in [4.69, 9.17) is 23.2 Å². The van der Waals surface area contributed by atoms with E-state index < -0.39 is 0 Å². The van der Waals surface area contributed by atoms with Gasteiger partial charge >= 0.3 is 0 Å². The van der Waals surface area contributed by atoms with Crippen molar-refractivity contribution in [1.29, 1.82) is 0 Å². The molecule has 0 aliphatic carbocycles. The van der Waals surface area contributed by atoms with Gasteiger partial charge in [0.1, 0.15) is 11.0 Å². The topological polar surface area (TPSA) is 24.9 Å². The van der Waals surface area contributed by atoms with Crippen LogP contribution in [0, 0.1) is 19.7 Å². The first kappa shape index (κ1) is 14.1. The highest BCUT2D eigenvalue weighted by Crippen LogP contribution is 2.27. The van der Waals surface area contributed by atoms with Crippen molar-refractivity contribution < 1.29 is 4.39 Å². The third kappa shape index (κ3) is 3.37. The maximum absolute atomic E-state index is 13.4. The van der Waals surface area contributed by atoms with E-state index in [2.05, 4.69) is 10.3 Å². The zero-order chi connectivity index (χ0) is 14.0. The molecule has 0 fully saturated rings. The summed E-state index contributed by atoms with van der Waals surface area (Å²) in [5, 5.41) is 3.82. The highest BCUT2D eigenvalue weighted by Gasteiger charge is 2.07. The van der Waals surface area contributed by atoms with Crippen molar-refractivity contribution in [1.82, 2.24) is 4.98 Å². The molecule has 0 saturated carbocycles. The Bertz CT molecular complexity index is 591. The predicted molar refractivity (Wildman–Crippen MR) is 77.5 cm³/mol. The molecule has 0 unspecified atom stereocenters. The quantitative estimate of drug-likeness (QED) is 0.827. The second kappa shape index (κ2) is 5.76. The van der Waals surface area contributed by atoms with Gasteiger partial charge in [-0.2, -0.15) is 0 Å². The fourth-order valence-electron chi connectivity index (χ4n) is 1.74. The Morgan fingerprint density at radius 1 is 1.16 bits per heavy atom. The lowest BCUT2D eigenvalue weighted by Crippen LogP contribution is -2.03. The maximum atomic E-state index is 13.4. The van der Waals surface area contributed by atoms with Gasteiger partial charge in [0.2, 0.25) is 0 Å². The Morgan fingerprint density at radius 3 is 2.53 bits per heavy atom. The fourth-order valence-corrected chi connectivity index (χ4v) is 2.34. The van der Waals surface area contributed by atoms with Gasteiger partial charge in [0, 0.05) is 6.54 Å². The van der Waals surface area contributed by atoms with Crippen molar-refractivity contribution in [2.75, 3.05) is 5.32 Å². The number of hydrogen-bond donors (Lipinski definition) is 1. The second-order valence-electron chi connectivity index (χ2n) is 4.36. The molecular formula is C14H13Cl2FN2. The lowest BCUT2D eigenvalue weighted by Gasteiger charge is -2.11. The number of anilines is 1. The summed E-state index contributed by atoms with van der Waals surface area (Å²) in [5.41, 5.74) is 3.09. The van der Waals surface area contributed by atoms with E-state index in [1.165, 1.54) is 6.07 Å². The molecule has 1 N–H and O–H groups in total. The monoisotopic (exact) mass is 298 g/mol. The van der Waals surface area contributed by atoms with Gasteiger partial charge in [0.25, 0.3) is 0 Å². The Labute approximate surface area is 121 Å². The molecule has 1 aromatic carbocycles. The molecule has 1 heterocycles. The summed E-state index contributed by atoms with van der Waals surface area (Å²) >= 11 is 11.8. The SMILES string of the molecule is Cc1ccc(CNc2c(C)cc(Cl)nc2Cl)cc1F. The Hall–Kier alpha value is -1.32. The van der Waals surface area contributed by atoms with Crippen molar-refractivity contribution >= 4 is 28.9 Å². The predicted octanol–water partition coefficient (Wildman–Crippen LogP) is 4.76.